The Hall–Kier alpha value is -1.31. The van der Waals surface area contributed by atoms with E-state index in [0.29, 0.717) is 0 Å². The summed E-state index contributed by atoms with van der Waals surface area (Å²) in [5, 5.41) is 0. The number of fused-ring (bicyclic) bond motifs is 1. The maximum Gasteiger partial charge on any atom is 0.251 e. The smallest absolute Gasteiger partial charge is 0.241 e. The van der Waals surface area contributed by atoms with Crippen molar-refractivity contribution in [3.8, 4) is 0 Å². The molecule has 1 aromatic carbocycles. The summed E-state index contributed by atoms with van der Waals surface area (Å²) < 4.78 is 2.16. The molecule has 0 unspecified atom stereocenters. The first-order chi connectivity index (χ1) is 5.68. The summed E-state index contributed by atoms with van der Waals surface area (Å²) in [6.07, 6.45) is 0. The lowest BCUT2D eigenvalue weighted by atomic mass is 10.2. The lowest BCUT2D eigenvalue weighted by Crippen LogP contribution is -2.29. The number of aromatic amines is 1. The van der Waals surface area contributed by atoms with Gasteiger partial charge in [-0.25, -0.2) is 9.55 Å². The van der Waals surface area contributed by atoms with E-state index in [1.54, 1.807) is 0 Å². The second kappa shape index (κ2) is 2.34. The van der Waals surface area contributed by atoms with Crippen LogP contribution in [0, 0.1) is 13.8 Å². The number of rotatable bonds is 0. The second-order valence-electron chi connectivity index (χ2n) is 3.29. The first kappa shape index (κ1) is 7.35. The number of nitrogens with zero attached hydrogens (tertiary/aromatic N) is 1. The van der Waals surface area contributed by atoms with Gasteiger partial charge in [-0.1, -0.05) is 6.07 Å². The van der Waals surface area contributed by atoms with E-state index >= 15 is 0 Å². The van der Waals surface area contributed by atoms with E-state index in [0.717, 1.165) is 0 Å². The second-order valence-corrected chi connectivity index (χ2v) is 3.29. The minimum atomic E-state index is 1.19. The number of hydrogen-bond acceptors (Lipinski definition) is 0. The standard InChI is InChI=1S/C10H12N2/c1-7-4-5-10-9(6-7)11-8(2)12(10)3/h4-6H,1-3H3/p+1. The summed E-state index contributed by atoms with van der Waals surface area (Å²) in [5.41, 5.74) is 3.78. The number of aromatic nitrogens is 2. The van der Waals surface area contributed by atoms with Gasteiger partial charge in [0.05, 0.1) is 7.05 Å². The Morgan fingerprint density at radius 2 is 2.00 bits per heavy atom. The first-order valence-electron chi connectivity index (χ1n) is 4.13. The van der Waals surface area contributed by atoms with Gasteiger partial charge in [-0.15, -0.1) is 0 Å². The summed E-state index contributed by atoms with van der Waals surface area (Å²) >= 11 is 0. The molecule has 2 nitrogen and oxygen atoms in total. The summed E-state index contributed by atoms with van der Waals surface area (Å²) in [5.74, 6) is 1.19. The molecule has 2 aromatic rings. The maximum atomic E-state index is 3.33. The van der Waals surface area contributed by atoms with E-state index in [1.807, 2.05) is 0 Å². The van der Waals surface area contributed by atoms with Gasteiger partial charge in [0.2, 0.25) is 0 Å². The summed E-state index contributed by atoms with van der Waals surface area (Å²) in [4.78, 5) is 3.33. The fourth-order valence-corrected chi connectivity index (χ4v) is 1.50. The molecule has 0 aliphatic heterocycles. The molecule has 2 heteroatoms. The molecule has 2 rings (SSSR count). The Morgan fingerprint density at radius 3 is 2.75 bits per heavy atom. The lowest BCUT2D eigenvalue weighted by Gasteiger charge is -1.89. The zero-order valence-electron chi connectivity index (χ0n) is 7.68. The van der Waals surface area contributed by atoms with Gasteiger partial charge >= 0.3 is 0 Å². The molecule has 0 fully saturated rings. The SMILES string of the molecule is Cc1ccc2c(c1)[nH]c(C)[n+]2C. The molecule has 1 N–H and O–H groups in total. The highest BCUT2D eigenvalue weighted by Gasteiger charge is 2.09. The Morgan fingerprint density at radius 1 is 1.25 bits per heavy atom. The van der Waals surface area contributed by atoms with Crippen molar-refractivity contribution in [2.24, 2.45) is 7.05 Å². The summed E-state index contributed by atoms with van der Waals surface area (Å²) in [7, 11) is 2.07. The molecule has 0 aliphatic rings. The van der Waals surface area contributed by atoms with E-state index in [2.05, 4.69) is 48.6 Å². The molecule has 0 radical (unpaired) electrons. The van der Waals surface area contributed by atoms with Crippen molar-refractivity contribution in [2.75, 3.05) is 0 Å². The molecule has 0 spiro atoms. The molecular formula is C10H13N2+. The number of imidazole rings is 1. The summed E-state index contributed by atoms with van der Waals surface area (Å²) in [6, 6.07) is 6.45. The number of hydrogen-bond donors (Lipinski definition) is 1. The van der Waals surface area contributed by atoms with Crippen molar-refractivity contribution < 1.29 is 4.57 Å². The van der Waals surface area contributed by atoms with E-state index in [-0.39, 0.29) is 0 Å². The molecule has 0 saturated heterocycles. The molecule has 1 heterocycles. The fourth-order valence-electron chi connectivity index (χ4n) is 1.50. The highest BCUT2D eigenvalue weighted by atomic mass is 15.0. The first-order valence-corrected chi connectivity index (χ1v) is 4.13. The van der Waals surface area contributed by atoms with Crippen molar-refractivity contribution >= 4 is 11.0 Å². The minimum Gasteiger partial charge on any atom is -0.241 e. The highest BCUT2D eigenvalue weighted by Crippen LogP contribution is 2.10. The van der Waals surface area contributed by atoms with Crippen molar-refractivity contribution in [1.29, 1.82) is 0 Å². The number of aryl methyl sites for hydroxylation is 3. The molecule has 1 aromatic heterocycles. The maximum absolute atomic E-state index is 3.33. The third kappa shape index (κ3) is 0.916. The Bertz CT molecular complexity index is 427. The van der Waals surface area contributed by atoms with Crippen molar-refractivity contribution in [1.82, 2.24) is 4.98 Å². The minimum absolute atomic E-state index is 1.19. The van der Waals surface area contributed by atoms with Gasteiger partial charge < -0.3 is 0 Å². The predicted molar refractivity (Wildman–Crippen MR) is 48.9 cm³/mol. The summed E-state index contributed by atoms with van der Waals surface area (Å²) in [6.45, 7) is 4.19. The van der Waals surface area contributed by atoms with Crippen LogP contribution in [0.1, 0.15) is 11.4 Å². The molecule has 0 aliphatic carbocycles. The van der Waals surface area contributed by atoms with Crippen LogP contribution in [0.25, 0.3) is 11.0 Å². The third-order valence-corrected chi connectivity index (χ3v) is 2.33. The molecule has 0 saturated carbocycles. The Balaban J connectivity index is 2.87. The average molecular weight is 161 g/mol. The van der Waals surface area contributed by atoms with Crippen LogP contribution in [0.3, 0.4) is 0 Å². The lowest BCUT2D eigenvalue weighted by molar-refractivity contribution is -0.651. The van der Waals surface area contributed by atoms with Gasteiger partial charge in [0.25, 0.3) is 5.82 Å². The Labute approximate surface area is 71.8 Å². The van der Waals surface area contributed by atoms with Gasteiger partial charge in [0, 0.05) is 6.92 Å². The molecule has 0 amide bonds. The van der Waals surface area contributed by atoms with Crippen LogP contribution < -0.4 is 4.57 Å². The molecule has 0 bridgehead atoms. The van der Waals surface area contributed by atoms with Gasteiger partial charge in [-0.05, 0) is 24.6 Å². The van der Waals surface area contributed by atoms with Gasteiger partial charge in [-0.3, -0.25) is 0 Å². The molecule has 12 heavy (non-hydrogen) atoms. The third-order valence-electron chi connectivity index (χ3n) is 2.33. The quantitative estimate of drug-likeness (QED) is 0.566. The number of nitrogens with one attached hydrogen (secondary N) is 1. The van der Waals surface area contributed by atoms with Crippen LogP contribution in [0.4, 0.5) is 0 Å². The normalized spacial score (nSPS) is 10.9. The van der Waals surface area contributed by atoms with Crippen molar-refractivity contribution in [2.45, 2.75) is 13.8 Å². The van der Waals surface area contributed by atoms with Crippen molar-refractivity contribution in [3.63, 3.8) is 0 Å². The monoisotopic (exact) mass is 161 g/mol. The Kier molecular flexibility index (Phi) is 1.43. The van der Waals surface area contributed by atoms with E-state index in [9.17, 15) is 0 Å². The van der Waals surface area contributed by atoms with E-state index < -0.39 is 0 Å². The molecule has 0 atom stereocenters. The van der Waals surface area contributed by atoms with Crippen LogP contribution >= 0.6 is 0 Å². The van der Waals surface area contributed by atoms with E-state index in [4.69, 9.17) is 0 Å². The predicted octanol–water partition coefficient (Wildman–Crippen LogP) is 1.61. The van der Waals surface area contributed by atoms with Gasteiger partial charge in [-0.2, -0.15) is 0 Å². The van der Waals surface area contributed by atoms with Gasteiger partial charge in [0.15, 0.2) is 11.0 Å². The average Bonchev–Trinajstić information content (AvgIpc) is 2.28. The van der Waals surface area contributed by atoms with E-state index in [1.165, 1.54) is 22.4 Å². The molecule has 62 valence electrons. The number of benzene rings is 1. The highest BCUT2D eigenvalue weighted by molar-refractivity contribution is 5.72. The van der Waals surface area contributed by atoms with Crippen LogP contribution in [-0.2, 0) is 7.05 Å². The largest absolute Gasteiger partial charge is 0.251 e. The van der Waals surface area contributed by atoms with Gasteiger partial charge in [0.1, 0.15) is 0 Å². The van der Waals surface area contributed by atoms with Crippen LogP contribution in [0.2, 0.25) is 0 Å². The topological polar surface area (TPSA) is 19.7 Å². The van der Waals surface area contributed by atoms with Crippen LogP contribution in [-0.4, -0.2) is 4.98 Å². The number of H-pyrrole nitrogens is 1. The van der Waals surface area contributed by atoms with Crippen molar-refractivity contribution in [3.05, 3.63) is 29.6 Å². The zero-order valence-corrected chi connectivity index (χ0v) is 7.68. The fraction of sp³-hybridized carbons (Fsp3) is 0.300. The zero-order chi connectivity index (χ0) is 8.72. The van der Waals surface area contributed by atoms with Crippen LogP contribution in [0.5, 0.6) is 0 Å². The van der Waals surface area contributed by atoms with Crippen LogP contribution in [0.15, 0.2) is 18.2 Å². The molecular weight excluding hydrogens is 148 g/mol.